The number of carbonyl (C=O) groups excluding carboxylic acids is 2. The maximum Gasteiger partial charge on any atom is 0.341 e. The van der Waals surface area contributed by atoms with Gasteiger partial charge in [-0.15, -0.1) is 0 Å². The SMILES string of the molecule is CN=CC(C(=O)OCCCCCCOC(=O)c1cn(C)nc1C(F)F)=C(N)C(F)F. The van der Waals surface area contributed by atoms with Crippen LogP contribution in [0, 0.1) is 0 Å². The van der Waals surface area contributed by atoms with Crippen LogP contribution in [0.25, 0.3) is 0 Å². The maximum absolute atomic E-state index is 12.8. The number of aryl methyl sites for hydroxylation is 1. The molecule has 1 aromatic heterocycles. The molecule has 0 spiro atoms. The fraction of sp³-hybridized carbons (Fsp3) is 0.556. The van der Waals surface area contributed by atoms with Gasteiger partial charge in [-0.05, 0) is 25.7 Å². The van der Waals surface area contributed by atoms with Gasteiger partial charge in [0.05, 0.1) is 18.9 Å². The standard InChI is InChI=1S/C18H24F4N4O4/c1-24-9-11(13(23)15(19)20)17(27)29-7-5-3-4-6-8-30-18(28)12-10-26(2)25-14(12)16(21)22/h9-10,15-16H,3-8,23H2,1-2H3. The number of hydrogen-bond acceptors (Lipinski definition) is 7. The van der Waals surface area contributed by atoms with Gasteiger partial charge in [0.2, 0.25) is 0 Å². The zero-order chi connectivity index (χ0) is 22.7. The van der Waals surface area contributed by atoms with Crippen molar-refractivity contribution in [3.05, 3.63) is 28.7 Å². The molecule has 0 aliphatic carbocycles. The summed E-state index contributed by atoms with van der Waals surface area (Å²) in [5, 5.41) is 3.53. The van der Waals surface area contributed by atoms with Crippen molar-refractivity contribution in [2.45, 2.75) is 38.5 Å². The van der Waals surface area contributed by atoms with Crippen LogP contribution < -0.4 is 5.73 Å². The number of carbonyl (C=O) groups is 2. The molecule has 2 N–H and O–H groups in total. The number of ether oxygens (including phenoxy) is 2. The summed E-state index contributed by atoms with van der Waals surface area (Å²) in [5.41, 5.74) is 2.88. The molecule has 0 fully saturated rings. The first-order chi connectivity index (χ1) is 14.2. The maximum atomic E-state index is 12.8. The molecule has 0 aliphatic heterocycles. The van der Waals surface area contributed by atoms with Crippen LogP contribution in [0.15, 0.2) is 22.5 Å². The Balaban J connectivity index is 2.29. The second-order valence-electron chi connectivity index (χ2n) is 6.15. The van der Waals surface area contributed by atoms with Crippen LogP contribution >= 0.6 is 0 Å². The van der Waals surface area contributed by atoms with Crippen molar-refractivity contribution in [3.63, 3.8) is 0 Å². The van der Waals surface area contributed by atoms with Crippen molar-refractivity contribution >= 4 is 18.2 Å². The predicted octanol–water partition coefficient (Wildman–Crippen LogP) is 2.80. The number of nitrogens with zero attached hydrogens (tertiary/aromatic N) is 3. The number of aromatic nitrogens is 2. The summed E-state index contributed by atoms with van der Waals surface area (Å²) < 4.78 is 61.9. The molecule has 0 unspecified atom stereocenters. The van der Waals surface area contributed by atoms with E-state index in [0.717, 1.165) is 10.9 Å². The molecule has 168 valence electrons. The summed E-state index contributed by atoms with van der Waals surface area (Å²) in [4.78, 5) is 27.2. The van der Waals surface area contributed by atoms with E-state index in [1.807, 2.05) is 0 Å². The Kier molecular flexibility index (Phi) is 10.6. The number of rotatable bonds is 12. The monoisotopic (exact) mass is 436 g/mol. The number of hydrogen-bond donors (Lipinski definition) is 1. The third-order valence-corrected chi connectivity index (χ3v) is 3.81. The first-order valence-corrected chi connectivity index (χ1v) is 9.04. The van der Waals surface area contributed by atoms with Crippen LogP contribution in [-0.4, -0.2) is 54.6 Å². The van der Waals surface area contributed by atoms with Gasteiger partial charge in [-0.25, -0.2) is 27.2 Å². The molecule has 0 aromatic carbocycles. The molecule has 1 heterocycles. The van der Waals surface area contributed by atoms with Crippen LogP contribution in [0.2, 0.25) is 0 Å². The average molecular weight is 436 g/mol. The fourth-order valence-corrected chi connectivity index (χ4v) is 2.36. The van der Waals surface area contributed by atoms with E-state index in [1.54, 1.807) is 0 Å². The van der Waals surface area contributed by atoms with Crippen molar-refractivity contribution < 1.29 is 36.6 Å². The van der Waals surface area contributed by atoms with Crippen LogP contribution in [0.1, 0.15) is 48.2 Å². The van der Waals surface area contributed by atoms with Crippen molar-refractivity contribution in [1.82, 2.24) is 9.78 Å². The highest BCUT2D eigenvalue weighted by Crippen LogP contribution is 2.21. The zero-order valence-corrected chi connectivity index (χ0v) is 16.6. The molecule has 12 heteroatoms. The number of aliphatic imine (C=N–C) groups is 1. The van der Waals surface area contributed by atoms with E-state index in [2.05, 4.69) is 10.1 Å². The van der Waals surface area contributed by atoms with Gasteiger partial charge in [-0.2, -0.15) is 5.10 Å². The third-order valence-electron chi connectivity index (χ3n) is 3.81. The zero-order valence-electron chi connectivity index (χ0n) is 16.6. The van der Waals surface area contributed by atoms with E-state index in [9.17, 15) is 27.2 Å². The summed E-state index contributed by atoms with van der Waals surface area (Å²) in [7, 11) is 2.73. The molecule has 0 saturated carbocycles. The number of unbranched alkanes of at least 4 members (excludes halogenated alkanes) is 3. The van der Waals surface area contributed by atoms with Gasteiger partial charge in [0.1, 0.15) is 16.8 Å². The van der Waals surface area contributed by atoms with Crippen molar-refractivity contribution in [3.8, 4) is 0 Å². The number of halogens is 4. The minimum atomic E-state index is -3.00. The average Bonchev–Trinajstić information content (AvgIpc) is 3.09. The predicted molar refractivity (Wildman–Crippen MR) is 99.5 cm³/mol. The summed E-state index contributed by atoms with van der Waals surface area (Å²) in [6, 6.07) is 0. The Morgan fingerprint density at radius 3 is 2.30 bits per heavy atom. The smallest absolute Gasteiger partial charge is 0.341 e. The van der Waals surface area contributed by atoms with Crippen LogP contribution in [-0.2, 0) is 21.3 Å². The molecule has 0 bridgehead atoms. The van der Waals surface area contributed by atoms with E-state index in [4.69, 9.17) is 15.2 Å². The Bertz CT molecular complexity index is 778. The first-order valence-electron chi connectivity index (χ1n) is 9.04. The van der Waals surface area contributed by atoms with Gasteiger partial charge in [0.15, 0.2) is 0 Å². The quantitative estimate of drug-likeness (QED) is 0.177. The lowest BCUT2D eigenvalue weighted by Crippen LogP contribution is -2.20. The number of alkyl halides is 4. The molecule has 1 aromatic rings. The normalized spacial score (nSPS) is 12.5. The molecule has 1 rings (SSSR count). The third kappa shape index (κ3) is 7.84. The van der Waals surface area contributed by atoms with Gasteiger partial charge in [0, 0.05) is 26.5 Å². The molecule has 30 heavy (non-hydrogen) atoms. The van der Waals surface area contributed by atoms with Gasteiger partial charge in [0.25, 0.3) is 12.9 Å². The van der Waals surface area contributed by atoms with Gasteiger partial charge in [-0.3, -0.25) is 9.67 Å². The molecular weight excluding hydrogens is 412 g/mol. The number of nitrogens with two attached hydrogens (primary N) is 1. The van der Waals surface area contributed by atoms with E-state index < -0.39 is 41.8 Å². The molecule has 0 aliphatic rings. The first kappa shape index (κ1) is 25.1. The van der Waals surface area contributed by atoms with Crippen molar-refractivity contribution in [1.29, 1.82) is 0 Å². The molecule has 0 atom stereocenters. The van der Waals surface area contributed by atoms with Crippen molar-refractivity contribution in [2.24, 2.45) is 17.8 Å². The lowest BCUT2D eigenvalue weighted by molar-refractivity contribution is -0.138. The van der Waals surface area contributed by atoms with Crippen LogP contribution in [0.3, 0.4) is 0 Å². The highest BCUT2D eigenvalue weighted by atomic mass is 19.3. The van der Waals surface area contributed by atoms with Gasteiger partial charge in [-0.1, -0.05) is 0 Å². The fourth-order valence-electron chi connectivity index (χ4n) is 2.36. The van der Waals surface area contributed by atoms with Gasteiger partial charge >= 0.3 is 11.9 Å². The minimum absolute atomic E-state index is 0.0103. The Labute approximate surface area is 170 Å². The Morgan fingerprint density at radius 1 is 1.17 bits per heavy atom. The lowest BCUT2D eigenvalue weighted by atomic mass is 10.2. The number of allylic oxidation sites excluding steroid dienone is 1. The number of esters is 2. The van der Waals surface area contributed by atoms with Crippen molar-refractivity contribution in [2.75, 3.05) is 20.3 Å². The highest BCUT2D eigenvalue weighted by molar-refractivity contribution is 6.10. The van der Waals surface area contributed by atoms with E-state index in [-0.39, 0.29) is 18.8 Å². The van der Waals surface area contributed by atoms with Crippen LogP contribution in [0.4, 0.5) is 17.6 Å². The summed E-state index contributed by atoms with van der Waals surface area (Å²) in [6.07, 6.45) is -1.67. The second kappa shape index (κ2) is 12.6. The summed E-state index contributed by atoms with van der Waals surface area (Å²) in [6.45, 7) is 0.0184. The topological polar surface area (TPSA) is 109 Å². The Hall–Kier alpha value is -2.92. The summed E-state index contributed by atoms with van der Waals surface area (Å²) >= 11 is 0. The van der Waals surface area contributed by atoms with Gasteiger partial charge < -0.3 is 15.2 Å². The minimum Gasteiger partial charge on any atom is -0.462 e. The molecule has 0 radical (unpaired) electrons. The van der Waals surface area contributed by atoms with Crippen LogP contribution in [0.5, 0.6) is 0 Å². The van der Waals surface area contributed by atoms with E-state index in [1.165, 1.54) is 20.3 Å². The molecule has 0 amide bonds. The largest absolute Gasteiger partial charge is 0.462 e. The highest BCUT2D eigenvalue weighted by Gasteiger charge is 2.23. The summed E-state index contributed by atoms with van der Waals surface area (Å²) in [5.74, 6) is -1.86. The van der Waals surface area contributed by atoms with E-state index in [0.29, 0.717) is 25.7 Å². The Morgan fingerprint density at radius 2 is 1.77 bits per heavy atom. The molecule has 0 saturated heterocycles. The lowest BCUT2D eigenvalue weighted by Gasteiger charge is -2.08. The molecule has 8 nitrogen and oxygen atoms in total. The van der Waals surface area contributed by atoms with E-state index >= 15 is 0 Å². The second-order valence-corrected chi connectivity index (χ2v) is 6.15. The molecular formula is C18H24F4N4O4.